The molecule has 0 spiro atoms. The summed E-state index contributed by atoms with van der Waals surface area (Å²) in [5.41, 5.74) is 2.07. The molecule has 1 amide bonds. The third-order valence-electron chi connectivity index (χ3n) is 2.94. The van der Waals surface area contributed by atoms with E-state index in [4.69, 9.17) is 0 Å². The largest absolute Gasteiger partial charge is 0.356 e. The van der Waals surface area contributed by atoms with Crippen LogP contribution in [0.25, 0.3) is 11.0 Å². The van der Waals surface area contributed by atoms with Gasteiger partial charge in [-0.05, 0) is 24.5 Å². The van der Waals surface area contributed by atoms with Crippen molar-refractivity contribution < 1.29 is 4.79 Å². The summed E-state index contributed by atoms with van der Waals surface area (Å²) in [4.78, 5) is 19.3. The number of carbonyl (C=O) groups excluding carboxylic acids is 1. The fourth-order valence-corrected chi connectivity index (χ4v) is 2.05. The highest BCUT2D eigenvalue weighted by Crippen LogP contribution is 2.11. The molecular formula is C15H21N3O. The van der Waals surface area contributed by atoms with Crippen LogP contribution < -0.4 is 5.32 Å². The third-order valence-corrected chi connectivity index (χ3v) is 2.94. The van der Waals surface area contributed by atoms with Crippen LogP contribution in [-0.2, 0) is 11.2 Å². The lowest BCUT2D eigenvalue weighted by Crippen LogP contribution is -2.25. The first-order chi connectivity index (χ1) is 9.15. The van der Waals surface area contributed by atoms with E-state index in [0.29, 0.717) is 18.9 Å². The molecule has 19 heavy (non-hydrogen) atoms. The molecule has 2 rings (SSSR count). The first-order valence-corrected chi connectivity index (χ1v) is 6.85. The smallest absolute Gasteiger partial charge is 0.220 e. The number of aryl methyl sites for hydroxylation is 1. The minimum absolute atomic E-state index is 0.139. The van der Waals surface area contributed by atoms with Crippen molar-refractivity contribution in [2.24, 2.45) is 5.92 Å². The zero-order valence-corrected chi connectivity index (χ0v) is 11.6. The summed E-state index contributed by atoms with van der Waals surface area (Å²) in [7, 11) is 0. The van der Waals surface area contributed by atoms with Gasteiger partial charge < -0.3 is 10.3 Å². The number of para-hydroxylation sites is 2. The summed E-state index contributed by atoms with van der Waals surface area (Å²) in [6.45, 7) is 4.81. The van der Waals surface area contributed by atoms with Crippen LogP contribution in [0.1, 0.15) is 32.5 Å². The van der Waals surface area contributed by atoms with E-state index in [-0.39, 0.29) is 5.91 Å². The minimum Gasteiger partial charge on any atom is -0.356 e. The highest BCUT2D eigenvalue weighted by Gasteiger charge is 2.05. The third kappa shape index (κ3) is 4.09. The Balaban J connectivity index is 1.75. The summed E-state index contributed by atoms with van der Waals surface area (Å²) < 4.78 is 0. The Hall–Kier alpha value is -1.84. The lowest BCUT2D eigenvalue weighted by molar-refractivity contribution is -0.121. The average molecular weight is 259 g/mol. The van der Waals surface area contributed by atoms with E-state index in [9.17, 15) is 4.79 Å². The van der Waals surface area contributed by atoms with Crippen LogP contribution in [0.15, 0.2) is 24.3 Å². The molecule has 2 N–H and O–H groups in total. The molecule has 0 saturated heterocycles. The second kappa shape index (κ2) is 6.36. The van der Waals surface area contributed by atoms with Crippen LogP contribution in [0.3, 0.4) is 0 Å². The molecule has 102 valence electrons. The number of nitrogens with one attached hydrogen (secondary N) is 2. The summed E-state index contributed by atoms with van der Waals surface area (Å²) in [6.07, 6.45) is 2.37. The van der Waals surface area contributed by atoms with Crippen LogP contribution in [0.4, 0.5) is 0 Å². The van der Waals surface area contributed by atoms with E-state index in [1.807, 2.05) is 38.1 Å². The van der Waals surface area contributed by atoms with Crippen molar-refractivity contribution >= 4 is 16.9 Å². The molecule has 0 radical (unpaired) electrons. The molecule has 1 aromatic carbocycles. The molecule has 0 bridgehead atoms. The lowest BCUT2D eigenvalue weighted by atomic mass is 10.1. The van der Waals surface area contributed by atoms with Crippen molar-refractivity contribution in [3.05, 3.63) is 30.1 Å². The van der Waals surface area contributed by atoms with Gasteiger partial charge in [-0.25, -0.2) is 4.98 Å². The van der Waals surface area contributed by atoms with Gasteiger partial charge in [0.15, 0.2) is 0 Å². The zero-order chi connectivity index (χ0) is 13.7. The predicted octanol–water partition coefficient (Wildman–Crippen LogP) is 2.66. The molecule has 4 nitrogen and oxygen atoms in total. The fourth-order valence-electron chi connectivity index (χ4n) is 2.05. The molecule has 0 aliphatic heterocycles. The second-order valence-electron chi connectivity index (χ2n) is 5.25. The van der Waals surface area contributed by atoms with E-state index in [0.717, 1.165) is 29.7 Å². The van der Waals surface area contributed by atoms with Crippen molar-refractivity contribution in [3.8, 4) is 0 Å². The standard InChI is InChI=1S/C15H21N3O/c1-11(2)10-15(19)16-9-5-8-14-17-12-6-3-4-7-13(12)18-14/h3-4,6-7,11H,5,8-10H2,1-2H3,(H,16,19)(H,17,18). The summed E-state index contributed by atoms with van der Waals surface area (Å²) in [5, 5.41) is 2.94. The Kier molecular flexibility index (Phi) is 4.55. The van der Waals surface area contributed by atoms with Gasteiger partial charge in [0.05, 0.1) is 11.0 Å². The Morgan fingerprint density at radius 3 is 2.89 bits per heavy atom. The van der Waals surface area contributed by atoms with Gasteiger partial charge in [-0.15, -0.1) is 0 Å². The summed E-state index contributed by atoms with van der Waals surface area (Å²) in [6, 6.07) is 8.01. The number of rotatable bonds is 6. The highest BCUT2D eigenvalue weighted by atomic mass is 16.1. The quantitative estimate of drug-likeness (QED) is 0.784. The maximum absolute atomic E-state index is 11.5. The summed E-state index contributed by atoms with van der Waals surface area (Å²) in [5.74, 6) is 1.54. The SMILES string of the molecule is CC(C)CC(=O)NCCCc1nc2ccccc2[nH]1. The molecule has 1 aromatic heterocycles. The van der Waals surface area contributed by atoms with Crippen LogP contribution in [0, 0.1) is 5.92 Å². The first kappa shape index (κ1) is 13.6. The monoisotopic (exact) mass is 259 g/mol. The van der Waals surface area contributed by atoms with Gasteiger partial charge in [0.1, 0.15) is 5.82 Å². The molecule has 0 atom stereocenters. The number of nitrogens with zero attached hydrogens (tertiary/aromatic N) is 1. The average Bonchev–Trinajstić information content (AvgIpc) is 2.76. The van der Waals surface area contributed by atoms with E-state index >= 15 is 0 Å². The number of hydrogen-bond donors (Lipinski definition) is 2. The van der Waals surface area contributed by atoms with Crippen LogP contribution in [-0.4, -0.2) is 22.4 Å². The van der Waals surface area contributed by atoms with Gasteiger partial charge in [-0.3, -0.25) is 4.79 Å². The molecule has 0 aliphatic rings. The number of aromatic nitrogens is 2. The van der Waals surface area contributed by atoms with Crippen LogP contribution in [0.5, 0.6) is 0 Å². The van der Waals surface area contributed by atoms with Crippen LogP contribution in [0.2, 0.25) is 0 Å². The topological polar surface area (TPSA) is 57.8 Å². The molecule has 0 aliphatic carbocycles. The van der Waals surface area contributed by atoms with E-state index in [1.54, 1.807) is 0 Å². The molecule has 1 heterocycles. The number of imidazole rings is 1. The molecule has 0 fully saturated rings. The van der Waals surface area contributed by atoms with E-state index in [2.05, 4.69) is 15.3 Å². The van der Waals surface area contributed by atoms with E-state index < -0.39 is 0 Å². The van der Waals surface area contributed by atoms with Gasteiger partial charge in [0.2, 0.25) is 5.91 Å². The first-order valence-electron chi connectivity index (χ1n) is 6.85. The maximum Gasteiger partial charge on any atom is 0.220 e. The maximum atomic E-state index is 11.5. The number of hydrogen-bond acceptors (Lipinski definition) is 2. The number of carbonyl (C=O) groups is 1. The number of aromatic amines is 1. The molecule has 0 unspecified atom stereocenters. The Labute approximate surface area is 113 Å². The normalized spacial score (nSPS) is 11.1. The van der Waals surface area contributed by atoms with Gasteiger partial charge in [0, 0.05) is 19.4 Å². The van der Waals surface area contributed by atoms with Crippen LogP contribution >= 0.6 is 0 Å². The van der Waals surface area contributed by atoms with Crippen molar-refractivity contribution in [1.29, 1.82) is 0 Å². The molecule has 0 saturated carbocycles. The zero-order valence-electron chi connectivity index (χ0n) is 11.6. The number of benzene rings is 1. The van der Waals surface area contributed by atoms with Crippen molar-refractivity contribution in [2.75, 3.05) is 6.54 Å². The lowest BCUT2D eigenvalue weighted by Gasteiger charge is -2.06. The van der Waals surface area contributed by atoms with Gasteiger partial charge in [-0.1, -0.05) is 26.0 Å². The number of fused-ring (bicyclic) bond motifs is 1. The Morgan fingerprint density at radius 2 is 2.16 bits per heavy atom. The highest BCUT2D eigenvalue weighted by molar-refractivity contribution is 5.76. The molecular weight excluding hydrogens is 238 g/mol. The van der Waals surface area contributed by atoms with Crippen molar-refractivity contribution in [1.82, 2.24) is 15.3 Å². The minimum atomic E-state index is 0.139. The molecule has 2 aromatic rings. The van der Waals surface area contributed by atoms with Gasteiger partial charge in [-0.2, -0.15) is 0 Å². The Bertz CT molecular complexity index is 512. The number of amides is 1. The summed E-state index contributed by atoms with van der Waals surface area (Å²) >= 11 is 0. The van der Waals surface area contributed by atoms with Crippen molar-refractivity contribution in [3.63, 3.8) is 0 Å². The van der Waals surface area contributed by atoms with Gasteiger partial charge in [0.25, 0.3) is 0 Å². The van der Waals surface area contributed by atoms with E-state index in [1.165, 1.54) is 0 Å². The molecule has 4 heteroatoms. The predicted molar refractivity (Wildman–Crippen MR) is 76.9 cm³/mol. The number of H-pyrrole nitrogens is 1. The Morgan fingerprint density at radius 1 is 1.37 bits per heavy atom. The fraction of sp³-hybridized carbons (Fsp3) is 0.467. The van der Waals surface area contributed by atoms with Crippen molar-refractivity contribution in [2.45, 2.75) is 33.1 Å². The van der Waals surface area contributed by atoms with Gasteiger partial charge >= 0.3 is 0 Å². The second-order valence-corrected chi connectivity index (χ2v) is 5.25.